The molecule has 1 aromatic heterocycles. The minimum absolute atomic E-state index is 0.0194. The predicted molar refractivity (Wildman–Crippen MR) is 140 cm³/mol. The van der Waals surface area contributed by atoms with Crippen LogP contribution < -0.4 is 10.3 Å². The van der Waals surface area contributed by atoms with Crippen LogP contribution in [0.3, 0.4) is 0 Å². The highest BCUT2D eigenvalue weighted by Crippen LogP contribution is 2.41. The summed E-state index contributed by atoms with van der Waals surface area (Å²) >= 11 is 0. The normalized spacial score (nSPS) is 18.6. The Balaban J connectivity index is 1.55. The molecular formula is C29H34FN3O3. The molecule has 1 saturated carbocycles. The second kappa shape index (κ2) is 9.69. The molecule has 2 aromatic carbocycles. The molecule has 0 bridgehead atoms. The number of aromatic nitrogens is 1. The summed E-state index contributed by atoms with van der Waals surface area (Å²) in [6, 6.07) is 10.9. The minimum Gasteiger partial charge on any atom is -0.462 e. The van der Waals surface area contributed by atoms with Crippen LogP contribution in [0.5, 0.6) is 0 Å². The smallest absolute Gasteiger partial charge is 0.343 e. The van der Waals surface area contributed by atoms with E-state index in [1.807, 2.05) is 17.6 Å². The molecular weight excluding hydrogens is 457 g/mol. The van der Waals surface area contributed by atoms with Gasteiger partial charge >= 0.3 is 5.97 Å². The van der Waals surface area contributed by atoms with E-state index in [9.17, 15) is 9.59 Å². The number of hydrogen-bond acceptors (Lipinski definition) is 5. The summed E-state index contributed by atoms with van der Waals surface area (Å²) in [5.74, 6) is -1.02. The molecule has 1 atom stereocenters. The lowest BCUT2D eigenvalue weighted by molar-refractivity contribution is 0.0524. The van der Waals surface area contributed by atoms with Crippen LogP contribution in [-0.4, -0.2) is 47.7 Å². The molecule has 6 nitrogen and oxygen atoms in total. The first-order chi connectivity index (χ1) is 17.3. The molecule has 3 aromatic rings. The molecule has 0 spiro atoms. The van der Waals surface area contributed by atoms with Crippen molar-refractivity contribution >= 4 is 22.6 Å². The molecule has 36 heavy (non-hydrogen) atoms. The van der Waals surface area contributed by atoms with Crippen LogP contribution >= 0.6 is 0 Å². The van der Waals surface area contributed by atoms with Gasteiger partial charge < -0.3 is 14.2 Å². The molecule has 1 saturated heterocycles. The Morgan fingerprint density at radius 3 is 2.47 bits per heavy atom. The highest BCUT2D eigenvalue weighted by Gasteiger charge is 2.33. The van der Waals surface area contributed by atoms with Gasteiger partial charge in [-0.15, -0.1) is 0 Å². The van der Waals surface area contributed by atoms with Gasteiger partial charge in [0, 0.05) is 50.0 Å². The quantitative estimate of drug-likeness (QED) is 0.455. The third kappa shape index (κ3) is 4.30. The average molecular weight is 492 g/mol. The first-order valence-corrected chi connectivity index (χ1v) is 12.9. The number of nitrogens with zero attached hydrogens (tertiary/aromatic N) is 3. The number of ether oxygens (including phenoxy) is 1. The first-order valence-electron chi connectivity index (χ1n) is 12.9. The number of pyridine rings is 1. The maximum atomic E-state index is 16.0. The fourth-order valence-electron chi connectivity index (χ4n) is 5.55. The standard InChI is InChI=1S/C29H34FN3O3/c1-5-36-29(35)23-17-33(22-11-12-22)26-20(4)27(25(30)19(3)24(26)28(23)34)32-14-13-31(18(2)15-32)16-21-9-7-6-8-10-21/h6-10,17-18,22H,5,11-16H2,1-4H3. The number of carbonyl (C=O) groups is 1. The maximum absolute atomic E-state index is 16.0. The van der Waals surface area contributed by atoms with Crippen molar-refractivity contribution in [3.63, 3.8) is 0 Å². The number of halogens is 1. The monoisotopic (exact) mass is 491 g/mol. The number of fused-ring (bicyclic) bond motifs is 1. The van der Waals surface area contributed by atoms with E-state index in [0.29, 0.717) is 29.7 Å². The topological polar surface area (TPSA) is 54.8 Å². The second-order valence-electron chi connectivity index (χ2n) is 10.1. The van der Waals surface area contributed by atoms with Gasteiger partial charge in [0.2, 0.25) is 5.43 Å². The largest absolute Gasteiger partial charge is 0.462 e. The Bertz CT molecular complexity index is 1360. The second-order valence-corrected chi connectivity index (χ2v) is 10.1. The zero-order chi connectivity index (χ0) is 25.6. The molecule has 2 heterocycles. The van der Waals surface area contributed by atoms with E-state index in [2.05, 4.69) is 41.0 Å². The minimum atomic E-state index is -0.649. The zero-order valence-electron chi connectivity index (χ0n) is 21.5. The van der Waals surface area contributed by atoms with Crippen LogP contribution in [0.4, 0.5) is 10.1 Å². The molecule has 0 amide bonds. The van der Waals surface area contributed by atoms with Gasteiger partial charge in [-0.2, -0.15) is 0 Å². The van der Waals surface area contributed by atoms with Gasteiger partial charge in [-0.05, 0) is 51.7 Å². The van der Waals surface area contributed by atoms with Gasteiger partial charge in [-0.25, -0.2) is 9.18 Å². The third-order valence-corrected chi connectivity index (χ3v) is 7.60. The number of piperazine rings is 1. The molecule has 0 radical (unpaired) electrons. The summed E-state index contributed by atoms with van der Waals surface area (Å²) < 4.78 is 23.2. The van der Waals surface area contributed by atoms with Crippen LogP contribution in [-0.2, 0) is 11.3 Å². The molecule has 190 valence electrons. The van der Waals surface area contributed by atoms with Crippen LogP contribution in [0.2, 0.25) is 0 Å². The molecule has 7 heteroatoms. The van der Waals surface area contributed by atoms with E-state index in [1.165, 1.54) is 5.56 Å². The molecule has 2 aliphatic rings. The summed E-state index contributed by atoms with van der Waals surface area (Å²) in [6.45, 7) is 10.7. The highest BCUT2D eigenvalue weighted by atomic mass is 19.1. The summed E-state index contributed by atoms with van der Waals surface area (Å²) in [6.07, 6.45) is 3.58. The van der Waals surface area contributed by atoms with Gasteiger partial charge in [0.1, 0.15) is 5.56 Å². The average Bonchev–Trinajstić information content (AvgIpc) is 3.70. The van der Waals surface area contributed by atoms with Gasteiger partial charge in [0.15, 0.2) is 5.82 Å². The molecule has 5 rings (SSSR count). The van der Waals surface area contributed by atoms with Crippen molar-refractivity contribution in [1.82, 2.24) is 9.47 Å². The van der Waals surface area contributed by atoms with E-state index in [-0.39, 0.29) is 30.1 Å². The number of aryl methyl sites for hydroxylation is 2. The summed E-state index contributed by atoms with van der Waals surface area (Å²) in [4.78, 5) is 30.5. The molecule has 2 fully saturated rings. The third-order valence-electron chi connectivity index (χ3n) is 7.60. The molecule has 1 aliphatic heterocycles. The fraction of sp³-hybridized carbons (Fsp3) is 0.448. The van der Waals surface area contributed by atoms with Gasteiger partial charge in [-0.3, -0.25) is 9.69 Å². The van der Waals surface area contributed by atoms with Gasteiger partial charge in [-0.1, -0.05) is 30.3 Å². The Morgan fingerprint density at radius 1 is 1.11 bits per heavy atom. The van der Waals surface area contributed by atoms with Gasteiger partial charge in [0.05, 0.1) is 23.2 Å². The Morgan fingerprint density at radius 2 is 1.83 bits per heavy atom. The highest BCUT2D eigenvalue weighted by molar-refractivity contribution is 5.97. The van der Waals surface area contributed by atoms with E-state index >= 15 is 4.39 Å². The lowest BCUT2D eigenvalue weighted by atomic mass is 9.98. The SMILES string of the molecule is CCOC(=O)c1cn(C2CC2)c2c(C)c(N3CCN(Cc4ccccc4)C(C)C3)c(F)c(C)c2c1=O. The van der Waals surface area contributed by atoms with Crippen LogP contribution in [0, 0.1) is 19.7 Å². The van der Waals surface area contributed by atoms with Crippen molar-refractivity contribution in [2.45, 2.75) is 59.2 Å². The maximum Gasteiger partial charge on any atom is 0.343 e. The van der Waals surface area contributed by atoms with Crippen molar-refractivity contribution in [2.24, 2.45) is 0 Å². The number of esters is 1. The van der Waals surface area contributed by atoms with E-state index in [1.54, 1.807) is 20.0 Å². The van der Waals surface area contributed by atoms with Gasteiger partial charge in [0.25, 0.3) is 0 Å². The molecule has 0 N–H and O–H groups in total. The van der Waals surface area contributed by atoms with Crippen LogP contribution in [0.25, 0.3) is 10.9 Å². The van der Waals surface area contributed by atoms with Crippen molar-refractivity contribution in [3.8, 4) is 0 Å². The number of rotatable bonds is 6. The zero-order valence-corrected chi connectivity index (χ0v) is 21.5. The Kier molecular flexibility index (Phi) is 6.60. The van der Waals surface area contributed by atoms with Crippen molar-refractivity contribution in [2.75, 3.05) is 31.1 Å². The first kappa shape index (κ1) is 24.5. The molecule has 1 unspecified atom stereocenters. The fourth-order valence-corrected chi connectivity index (χ4v) is 5.55. The van der Waals surface area contributed by atoms with Crippen LogP contribution in [0.15, 0.2) is 41.3 Å². The Labute approximate surface area is 211 Å². The van der Waals surface area contributed by atoms with E-state index < -0.39 is 11.4 Å². The lowest BCUT2D eigenvalue weighted by Crippen LogP contribution is -2.52. The lowest BCUT2D eigenvalue weighted by Gasteiger charge is -2.42. The molecule has 1 aliphatic carbocycles. The van der Waals surface area contributed by atoms with E-state index in [4.69, 9.17) is 4.74 Å². The van der Waals surface area contributed by atoms with E-state index in [0.717, 1.165) is 37.0 Å². The van der Waals surface area contributed by atoms with Crippen LogP contribution in [0.1, 0.15) is 59.8 Å². The van der Waals surface area contributed by atoms with Crippen molar-refractivity contribution in [1.29, 1.82) is 0 Å². The number of hydrogen-bond donors (Lipinski definition) is 0. The number of benzene rings is 2. The number of anilines is 1. The predicted octanol–water partition coefficient (Wildman–Crippen LogP) is 4.98. The number of carbonyl (C=O) groups excluding carboxylic acids is 1. The summed E-state index contributed by atoms with van der Waals surface area (Å²) in [5, 5.41) is 0.293. The summed E-state index contributed by atoms with van der Waals surface area (Å²) in [7, 11) is 0. The van der Waals surface area contributed by atoms with Crippen molar-refractivity contribution < 1.29 is 13.9 Å². The summed E-state index contributed by atoms with van der Waals surface area (Å²) in [5.41, 5.74) is 3.17. The van der Waals surface area contributed by atoms with Crippen molar-refractivity contribution in [3.05, 3.63) is 74.8 Å². The Hall–Kier alpha value is -3.19.